The Labute approximate surface area is 103 Å². The molecule has 0 aromatic heterocycles. The molecule has 0 radical (unpaired) electrons. The molecule has 0 saturated carbocycles. The van der Waals surface area contributed by atoms with E-state index in [2.05, 4.69) is 32.6 Å². The van der Waals surface area contributed by atoms with E-state index in [4.69, 9.17) is 5.73 Å². The third kappa shape index (κ3) is 10.4. The van der Waals surface area contributed by atoms with Gasteiger partial charge in [-0.05, 0) is 37.8 Å². The summed E-state index contributed by atoms with van der Waals surface area (Å²) in [5.41, 5.74) is 5.49. The Balaban J connectivity index is 3.65. The van der Waals surface area contributed by atoms with Gasteiger partial charge in [-0.3, -0.25) is 0 Å². The summed E-state index contributed by atoms with van der Waals surface area (Å²) in [5.74, 6) is 1.56. The van der Waals surface area contributed by atoms with Crippen molar-refractivity contribution in [3.8, 4) is 0 Å². The number of unbranched alkanes of at least 4 members (excludes halogenated alkanes) is 3. The molecule has 0 aliphatic carbocycles. The van der Waals surface area contributed by atoms with Crippen LogP contribution < -0.4 is 5.73 Å². The molecule has 0 aliphatic heterocycles. The highest BCUT2D eigenvalue weighted by molar-refractivity contribution is 4.62. The molecule has 2 nitrogen and oxygen atoms in total. The van der Waals surface area contributed by atoms with Gasteiger partial charge in [0.2, 0.25) is 0 Å². The van der Waals surface area contributed by atoms with Crippen LogP contribution >= 0.6 is 0 Å². The van der Waals surface area contributed by atoms with Gasteiger partial charge in [-0.15, -0.1) is 0 Å². The van der Waals surface area contributed by atoms with Crippen LogP contribution in [0, 0.1) is 11.8 Å². The molecule has 0 rings (SSSR count). The van der Waals surface area contributed by atoms with Crippen molar-refractivity contribution in [3.63, 3.8) is 0 Å². The fourth-order valence-electron chi connectivity index (χ4n) is 2.12. The highest BCUT2D eigenvalue weighted by Gasteiger charge is 2.08. The van der Waals surface area contributed by atoms with E-state index >= 15 is 0 Å². The zero-order valence-corrected chi connectivity index (χ0v) is 11.8. The highest BCUT2D eigenvalue weighted by Crippen LogP contribution is 2.07. The van der Waals surface area contributed by atoms with Gasteiger partial charge in [0.15, 0.2) is 0 Å². The summed E-state index contributed by atoms with van der Waals surface area (Å²) in [7, 11) is 0. The topological polar surface area (TPSA) is 29.3 Å². The summed E-state index contributed by atoms with van der Waals surface area (Å²) in [6, 6.07) is 0. The molecule has 0 saturated heterocycles. The normalized spacial score (nSPS) is 12.0. The molecule has 0 aromatic rings. The molecule has 0 fully saturated rings. The maximum absolute atomic E-state index is 5.49. The first-order chi connectivity index (χ1) is 7.56. The second-order valence-corrected chi connectivity index (χ2v) is 5.75. The molecular weight excluding hydrogens is 196 g/mol. The maximum Gasteiger partial charge on any atom is 0.000449 e. The molecule has 2 N–H and O–H groups in total. The lowest BCUT2D eigenvalue weighted by Gasteiger charge is -2.26. The van der Waals surface area contributed by atoms with Crippen LogP contribution in [0.2, 0.25) is 0 Å². The number of nitrogens with zero attached hydrogens (tertiary/aromatic N) is 1. The fraction of sp³-hybridized carbons (Fsp3) is 1.00. The van der Waals surface area contributed by atoms with Crippen LogP contribution in [0.25, 0.3) is 0 Å². The van der Waals surface area contributed by atoms with Crippen LogP contribution in [0.15, 0.2) is 0 Å². The molecule has 2 heteroatoms. The molecule has 0 spiro atoms. The maximum atomic E-state index is 5.49. The van der Waals surface area contributed by atoms with E-state index in [-0.39, 0.29) is 0 Å². The van der Waals surface area contributed by atoms with Crippen LogP contribution in [-0.2, 0) is 0 Å². The van der Waals surface area contributed by atoms with Gasteiger partial charge >= 0.3 is 0 Å². The highest BCUT2D eigenvalue weighted by atomic mass is 15.1. The number of nitrogens with two attached hydrogens (primary N) is 1. The van der Waals surface area contributed by atoms with Crippen molar-refractivity contribution >= 4 is 0 Å². The monoisotopic (exact) mass is 228 g/mol. The van der Waals surface area contributed by atoms with Crippen molar-refractivity contribution in [3.05, 3.63) is 0 Å². The van der Waals surface area contributed by atoms with Crippen LogP contribution in [0.3, 0.4) is 0 Å². The largest absolute Gasteiger partial charge is 0.330 e. The van der Waals surface area contributed by atoms with Crippen molar-refractivity contribution < 1.29 is 0 Å². The van der Waals surface area contributed by atoms with Gasteiger partial charge < -0.3 is 10.6 Å². The van der Waals surface area contributed by atoms with Gasteiger partial charge in [0, 0.05) is 13.1 Å². The van der Waals surface area contributed by atoms with Crippen molar-refractivity contribution in [2.75, 3.05) is 26.2 Å². The summed E-state index contributed by atoms with van der Waals surface area (Å²) in [6.45, 7) is 13.8. The fourth-order valence-corrected chi connectivity index (χ4v) is 2.12. The minimum Gasteiger partial charge on any atom is -0.330 e. The zero-order valence-electron chi connectivity index (χ0n) is 11.8. The SMILES string of the molecule is CC(C)CN(CCCCCCN)CC(C)C. The van der Waals surface area contributed by atoms with E-state index in [0.717, 1.165) is 18.4 Å². The van der Waals surface area contributed by atoms with E-state index in [0.29, 0.717) is 0 Å². The number of hydrogen-bond acceptors (Lipinski definition) is 2. The van der Waals surface area contributed by atoms with Crippen LogP contribution in [0.4, 0.5) is 0 Å². The molecule has 0 atom stereocenters. The summed E-state index contributed by atoms with van der Waals surface area (Å²) in [6.07, 6.45) is 5.16. The molecule has 0 aliphatic rings. The smallest absolute Gasteiger partial charge is 0.000449 e. The number of rotatable bonds is 10. The minimum atomic E-state index is 0.780. The van der Waals surface area contributed by atoms with E-state index in [1.54, 1.807) is 0 Å². The quantitative estimate of drug-likeness (QED) is 0.582. The van der Waals surface area contributed by atoms with Gasteiger partial charge in [0.25, 0.3) is 0 Å². The van der Waals surface area contributed by atoms with Crippen molar-refractivity contribution in [1.29, 1.82) is 0 Å². The lowest BCUT2D eigenvalue weighted by Crippen LogP contribution is -2.32. The van der Waals surface area contributed by atoms with Crippen molar-refractivity contribution in [2.24, 2.45) is 17.6 Å². The van der Waals surface area contributed by atoms with Crippen LogP contribution in [0.1, 0.15) is 53.4 Å². The summed E-state index contributed by atoms with van der Waals surface area (Å²) in [5, 5.41) is 0. The van der Waals surface area contributed by atoms with Gasteiger partial charge in [0.05, 0.1) is 0 Å². The molecule has 98 valence electrons. The Hall–Kier alpha value is -0.0800. The van der Waals surface area contributed by atoms with Gasteiger partial charge in [-0.25, -0.2) is 0 Å². The predicted molar refractivity (Wildman–Crippen MR) is 73.6 cm³/mol. The molecule has 16 heavy (non-hydrogen) atoms. The van der Waals surface area contributed by atoms with Crippen molar-refractivity contribution in [1.82, 2.24) is 4.90 Å². The average molecular weight is 228 g/mol. The van der Waals surface area contributed by atoms with Gasteiger partial charge in [-0.2, -0.15) is 0 Å². The van der Waals surface area contributed by atoms with Crippen LogP contribution in [-0.4, -0.2) is 31.1 Å². The Bertz CT molecular complexity index is 134. The third-order valence-electron chi connectivity index (χ3n) is 2.68. The Kier molecular flexibility index (Phi) is 10.0. The Morgan fingerprint density at radius 1 is 0.812 bits per heavy atom. The lowest BCUT2D eigenvalue weighted by molar-refractivity contribution is 0.215. The van der Waals surface area contributed by atoms with E-state index < -0.39 is 0 Å². The minimum absolute atomic E-state index is 0.780. The van der Waals surface area contributed by atoms with Crippen LogP contribution in [0.5, 0.6) is 0 Å². The standard InChI is InChI=1S/C14H32N2/c1-13(2)11-16(12-14(3)4)10-8-6-5-7-9-15/h13-14H,5-12,15H2,1-4H3. The average Bonchev–Trinajstić information content (AvgIpc) is 2.15. The number of hydrogen-bond donors (Lipinski definition) is 1. The van der Waals surface area contributed by atoms with E-state index in [1.807, 2.05) is 0 Å². The Morgan fingerprint density at radius 2 is 1.31 bits per heavy atom. The lowest BCUT2D eigenvalue weighted by atomic mass is 10.1. The van der Waals surface area contributed by atoms with E-state index in [1.165, 1.54) is 45.3 Å². The molecule has 0 aromatic carbocycles. The third-order valence-corrected chi connectivity index (χ3v) is 2.68. The van der Waals surface area contributed by atoms with Crippen molar-refractivity contribution in [2.45, 2.75) is 53.4 Å². The second-order valence-electron chi connectivity index (χ2n) is 5.75. The zero-order chi connectivity index (χ0) is 12.4. The van der Waals surface area contributed by atoms with Gasteiger partial charge in [0.1, 0.15) is 0 Å². The first-order valence-corrected chi connectivity index (χ1v) is 6.98. The second kappa shape index (κ2) is 10.1. The first-order valence-electron chi connectivity index (χ1n) is 6.98. The van der Waals surface area contributed by atoms with E-state index in [9.17, 15) is 0 Å². The molecule has 0 amide bonds. The first kappa shape index (κ1) is 15.9. The molecule has 0 heterocycles. The summed E-state index contributed by atoms with van der Waals surface area (Å²) >= 11 is 0. The van der Waals surface area contributed by atoms with Gasteiger partial charge in [-0.1, -0.05) is 40.5 Å². The molecular formula is C14H32N2. The summed E-state index contributed by atoms with van der Waals surface area (Å²) in [4.78, 5) is 2.62. The Morgan fingerprint density at radius 3 is 1.75 bits per heavy atom. The molecule has 0 bridgehead atoms. The summed E-state index contributed by atoms with van der Waals surface area (Å²) < 4.78 is 0. The molecule has 0 unspecified atom stereocenters. The predicted octanol–water partition coefficient (Wildman–Crippen LogP) is 3.12.